The molecule has 0 amide bonds. The summed E-state index contributed by atoms with van der Waals surface area (Å²) < 4.78 is 16.1. The second kappa shape index (κ2) is 6.40. The summed E-state index contributed by atoms with van der Waals surface area (Å²) >= 11 is 0. The predicted molar refractivity (Wildman–Crippen MR) is 99.4 cm³/mol. The van der Waals surface area contributed by atoms with Crippen LogP contribution in [0.15, 0.2) is 30.7 Å². The van der Waals surface area contributed by atoms with Crippen LogP contribution < -0.4 is 11.1 Å². The zero-order valence-electron chi connectivity index (χ0n) is 14.5. The molecule has 4 rings (SSSR count). The van der Waals surface area contributed by atoms with Gasteiger partial charge in [-0.15, -0.1) is 0 Å². The Morgan fingerprint density at radius 1 is 1.27 bits per heavy atom. The zero-order chi connectivity index (χ0) is 18.3. The molecule has 2 aromatic heterocycles. The van der Waals surface area contributed by atoms with Gasteiger partial charge < -0.3 is 15.6 Å². The van der Waals surface area contributed by atoms with E-state index in [1.54, 1.807) is 19.2 Å². The monoisotopic (exact) mass is 353 g/mol. The van der Waals surface area contributed by atoms with Crippen LogP contribution in [0.5, 0.6) is 0 Å². The zero-order valence-corrected chi connectivity index (χ0v) is 14.5. The lowest BCUT2D eigenvalue weighted by Gasteiger charge is -2.23. The van der Waals surface area contributed by atoms with Gasteiger partial charge in [0, 0.05) is 37.7 Å². The van der Waals surface area contributed by atoms with Gasteiger partial charge in [0.25, 0.3) is 0 Å². The van der Waals surface area contributed by atoms with Crippen molar-refractivity contribution in [3.8, 4) is 11.1 Å². The predicted octanol–water partition coefficient (Wildman–Crippen LogP) is 3.55. The van der Waals surface area contributed by atoms with E-state index in [1.807, 2.05) is 6.20 Å². The number of carbonyl (C=O) groups excluding carboxylic acids is 1. The highest BCUT2D eigenvalue weighted by Gasteiger charge is 2.24. The third kappa shape index (κ3) is 2.69. The molecular formula is C19H20FN5O. The van der Waals surface area contributed by atoms with Crippen LogP contribution in [0.3, 0.4) is 0 Å². The number of nitrogens with two attached hydrogens (primary N) is 1. The first-order chi connectivity index (χ1) is 12.6. The van der Waals surface area contributed by atoms with Crippen molar-refractivity contribution in [1.29, 1.82) is 0 Å². The minimum atomic E-state index is -0.450. The van der Waals surface area contributed by atoms with Gasteiger partial charge in [0.05, 0.1) is 11.1 Å². The van der Waals surface area contributed by atoms with Crippen molar-refractivity contribution in [3.63, 3.8) is 0 Å². The molecular weight excluding hydrogens is 333 g/mol. The maximum absolute atomic E-state index is 14.0. The molecule has 3 N–H and O–H groups in total. The smallest absolute Gasteiger partial charge is 0.146 e. The van der Waals surface area contributed by atoms with E-state index in [0.29, 0.717) is 24.4 Å². The second-order valence-electron chi connectivity index (χ2n) is 6.63. The first kappa shape index (κ1) is 16.5. The van der Waals surface area contributed by atoms with Crippen molar-refractivity contribution in [3.05, 3.63) is 36.5 Å². The molecule has 1 aliphatic carbocycles. The average molecular weight is 353 g/mol. The molecule has 0 aliphatic heterocycles. The van der Waals surface area contributed by atoms with Crippen LogP contribution in [0, 0.1) is 5.82 Å². The number of fused-ring (bicyclic) bond motifs is 1. The largest absolute Gasteiger partial charge is 0.396 e. The maximum Gasteiger partial charge on any atom is 0.146 e. The molecule has 0 radical (unpaired) electrons. The summed E-state index contributed by atoms with van der Waals surface area (Å²) in [5.41, 5.74) is 8.10. The molecule has 134 valence electrons. The standard InChI is InChI=1S/C19H20FN5O/c1-22-18-17-14(11-2-7-16(21)15(20)8-11)9-25(19(17)24-10-23-18)12-3-5-13(26)6-4-12/h2,7-10,12H,3-6,21H2,1H3,(H,22,23,24). The summed E-state index contributed by atoms with van der Waals surface area (Å²) in [6.07, 6.45) is 6.26. The Kier molecular flexibility index (Phi) is 4.06. The molecule has 6 nitrogen and oxygen atoms in total. The van der Waals surface area contributed by atoms with Gasteiger partial charge in [-0.3, -0.25) is 4.79 Å². The number of aromatic nitrogens is 3. The summed E-state index contributed by atoms with van der Waals surface area (Å²) in [6.45, 7) is 0. The quantitative estimate of drug-likeness (QED) is 0.703. The molecule has 0 atom stereocenters. The highest BCUT2D eigenvalue weighted by molar-refractivity contribution is 6.01. The third-order valence-corrected chi connectivity index (χ3v) is 5.06. The summed E-state index contributed by atoms with van der Waals surface area (Å²) in [4.78, 5) is 20.4. The normalized spacial score (nSPS) is 15.5. The Labute approximate surface area is 150 Å². The van der Waals surface area contributed by atoms with Crippen LogP contribution in [-0.4, -0.2) is 27.4 Å². The first-order valence-electron chi connectivity index (χ1n) is 8.69. The topological polar surface area (TPSA) is 85.8 Å². The van der Waals surface area contributed by atoms with Crippen LogP contribution in [0.4, 0.5) is 15.9 Å². The lowest BCUT2D eigenvalue weighted by molar-refractivity contribution is -0.120. The number of benzene rings is 1. The molecule has 1 aromatic carbocycles. The van der Waals surface area contributed by atoms with Crippen molar-refractivity contribution in [2.45, 2.75) is 31.7 Å². The van der Waals surface area contributed by atoms with Crippen LogP contribution >= 0.6 is 0 Å². The fourth-order valence-corrected chi connectivity index (χ4v) is 3.67. The molecule has 1 saturated carbocycles. The maximum atomic E-state index is 14.0. The Morgan fingerprint density at radius 3 is 2.73 bits per heavy atom. The van der Waals surface area contributed by atoms with E-state index in [1.165, 1.54) is 12.4 Å². The van der Waals surface area contributed by atoms with Crippen molar-refractivity contribution >= 4 is 28.3 Å². The molecule has 0 unspecified atom stereocenters. The minimum absolute atomic E-state index is 0.119. The van der Waals surface area contributed by atoms with Crippen molar-refractivity contribution in [1.82, 2.24) is 14.5 Å². The Hall–Kier alpha value is -2.96. The average Bonchev–Trinajstić information content (AvgIpc) is 3.04. The van der Waals surface area contributed by atoms with Crippen molar-refractivity contribution < 1.29 is 9.18 Å². The molecule has 3 aromatic rings. The van der Waals surface area contributed by atoms with Gasteiger partial charge >= 0.3 is 0 Å². The molecule has 0 spiro atoms. The fourth-order valence-electron chi connectivity index (χ4n) is 3.67. The van der Waals surface area contributed by atoms with Crippen LogP contribution in [0.2, 0.25) is 0 Å². The number of halogens is 1. The van der Waals surface area contributed by atoms with Crippen LogP contribution in [0.1, 0.15) is 31.7 Å². The van der Waals surface area contributed by atoms with E-state index in [0.717, 1.165) is 35.0 Å². The number of carbonyl (C=O) groups is 1. The Balaban J connectivity index is 1.91. The summed E-state index contributed by atoms with van der Waals surface area (Å²) in [5, 5.41) is 3.94. The van der Waals surface area contributed by atoms with Gasteiger partial charge in [-0.25, -0.2) is 14.4 Å². The van der Waals surface area contributed by atoms with E-state index >= 15 is 0 Å². The van der Waals surface area contributed by atoms with Gasteiger partial charge in [0.2, 0.25) is 0 Å². The molecule has 0 bridgehead atoms. The summed E-state index contributed by atoms with van der Waals surface area (Å²) in [7, 11) is 1.80. The Bertz CT molecular complexity index is 987. The lowest BCUT2D eigenvalue weighted by atomic mass is 9.94. The van der Waals surface area contributed by atoms with E-state index in [-0.39, 0.29) is 11.7 Å². The molecule has 2 heterocycles. The Morgan fingerprint density at radius 2 is 2.04 bits per heavy atom. The van der Waals surface area contributed by atoms with Gasteiger partial charge in [0.1, 0.15) is 29.4 Å². The van der Waals surface area contributed by atoms with Gasteiger partial charge in [-0.2, -0.15) is 0 Å². The number of nitrogens with zero attached hydrogens (tertiary/aromatic N) is 3. The van der Waals surface area contributed by atoms with Gasteiger partial charge in [0.15, 0.2) is 0 Å². The lowest BCUT2D eigenvalue weighted by Crippen LogP contribution is -2.17. The number of Topliss-reactive ketones (excluding diaryl/α,β-unsaturated/α-hetero) is 1. The van der Waals surface area contributed by atoms with E-state index in [4.69, 9.17) is 5.73 Å². The highest BCUT2D eigenvalue weighted by Crippen LogP contribution is 2.38. The molecule has 0 saturated heterocycles. The highest BCUT2D eigenvalue weighted by atomic mass is 19.1. The van der Waals surface area contributed by atoms with Crippen LogP contribution in [0.25, 0.3) is 22.2 Å². The van der Waals surface area contributed by atoms with E-state index in [9.17, 15) is 9.18 Å². The number of anilines is 2. The number of ketones is 1. The molecule has 1 fully saturated rings. The number of hydrogen-bond donors (Lipinski definition) is 2. The van der Waals surface area contributed by atoms with Crippen LogP contribution in [-0.2, 0) is 4.79 Å². The van der Waals surface area contributed by atoms with Gasteiger partial charge in [-0.05, 0) is 30.5 Å². The molecule has 26 heavy (non-hydrogen) atoms. The molecule has 7 heteroatoms. The third-order valence-electron chi connectivity index (χ3n) is 5.06. The summed E-state index contributed by atoms with van der Waals surface area (Å²) in [6, 6.07) is 5.00. The minimum Gasteiger partial charge on any atom is -0.396 e. The summed E-state index contributed by atoms with van der Waals surface area (Å²) in [5.74, 6) is 0.548. The number of nitrogens with one attached hydrogen (secondary N) is 1. The first-order valence-corrected chi connectivity index (χ1v) is 8.69. The molecule has 1 aliphatic rings. The van der Waals surface area contributed by atoms with E-state index in [2.05, 4.69) is 19.9 Å². The number of nitrogen functional groups attached to an aromatic ring is 1. The van der Waals surface area contributed by atoms with Gasteiger partial charge in [-0.1, -0.05) is 6.07 Å². The number of rotatable bonds is 3. The fraction of sp³-hybridized carbons (Fsp3) is 0.316. The van der Waals surface area contributed by atoms with Crippen molar-refractivity contribution in [2.24, 2.45) is 0 Å². The number of hydrogen-bond acceptors (Lipinski definition) is 5. The SMILES string of the molecule is CNc1ncnc2c1c(-c1ccc(N)c(F)c1)cn2C1CCC(=O)CC1. The second-order valence-corrected chi connectivity index (χ2v) is 6.63. The van der Waals surface area contributed by atoms with Crippen molar-refractivity contribution in [2.75, 3.05) is 18.1 Å². The van der Waals surface area contributed by atoms with E-state index < -0.39 is 5.82 Å².